The molecule has 1 amide bonds. The smallest absolute Gasteiger partial charge is 0.255 e. The molecule has 0 saturated heterocycles. The highest BCUT2D eigenvalue weighted by molar-refractivity contribution is 9.10. The molecule has 0 radical (unpaired) electrons. The summed E-state index contributed by atoms with van der Waals surface area (Å²) < 4.78 is 19.8. The number of hydrogen-bond acceptors (Lipinski definition) is 2. The second-order valence-corrected chi connectivity index (χ2v) is 6.51. The molecular formula is C16H14Br2FNO2. The summed E-state index contributed by atoms with van der Waals surface area (Å²) in [4.78, 5) is 14.0. The topological polar surface area (TPSA) is 29.5 Å². The fourth-order valence-corrected chi connectivity index (χ4v) is 3.00. The van der Waals surface area contributed by atoms with Gasteiger partial charge in [-0.3, -0.25) is 4.79 Å². The molecule has 0 saturated carbocycles. The van der Waals surface area contributed by atoms with E-state index in [9.17, 15) is 9.18 Å². The maximum Gasteiger partial charge on any atom is 0.255 e. The Morgan fingerprint density at radius 2 is 1.95 bits per heavy atom. The lowest BCUT2D eigenvalue weighted by Crippen LogP contribution is -2.26. The van der Waals surface area contributed by atoms with Gasteiger partial charge < -0.3 is 9.64 Å². The Hall–Kier alpha value is -1.40. The fourth-order valence-electron chi connectivity index (χ4n) is 2.07. The Balaban J connectivity index is 2.23. The predicted molar refractivity (Wildman–Crippen MR) is 90.6 cm³/mol. The predicted octanol–water partition coefficient (Wildman–Crippen LogP) is 4.63. The second kappa shape index (κ2) is 7.24. The zero-order chi connectivity index (χ0) is 16.3. The summed E-state index contributed by atoms with van der Waals surface area (Å²) in [6.45, 7) is 0.380. The summed E-state index contributed by atoms with van der Waals surface area (Å²) in [5.41, 5.74) is 1.30. The minimum atomic E-state index is -0.389. The van der Waals surface area contributed by atoms with E-state index in [1.165, 1.54) is 18.2 Å². The Morgan fingerprint density at radius 1 is 1.23 bits per heavy atom. The van der Waals surface area contributed by atoms with Crippen LogP contribution in [0.3, 0.4) is 0 Å². The normalized spacial score (nSPS) is 10.4. The van der Waals surface area contributed by atoms with Gasteiger partial charge in [-0.15, -0.1) is 0 Å². The third kappa shape index (κ3) is 3.87. The van der Waals surface area contributed by atoms with Crippen molar-refractivity contribution in [3.63, 3.8) is 0 Å². The van der Waals surface area contributed by atoms with Crippen LogP contribution in [0.15, 0.2) is 45.3 Å². The highest BCUT2D eigenvalue weighted by atomic mass is 79.9. The Bertz CT molecular complexity index is 707. The van der Waals surface area contributed by atoms with Gasteiger partial charge in [0, 0.05) is 28.1 Å². The van der Waals surface area contributed by atoms with Crippen molar-refractivity contribution < 1.29 is 13.9 Å². The molecule has 6 heteroatoms. The summed E-state index contributed by atoms with van der Waals surface area (Å²) >= 11 is 6.63. The standard InChI is InChI=1S/C16H14Br2FNO2/c1-20(9-10-7-11(17)3-6-15(10)22-2)16(21)13-5-4-12(19)8-14(13)18/h3-8H,9H2,1-2H3. The first-order valence-corrected chi connectivity index (χ1v) is 8.04. The third-order valence-electron chi connectivity index (χ3n) is 3.16. The van der Waals surface area contributed by atoms with Gasteiger partial charge in [0.15, 0.2) is 0 Å². The minimum Gasteiger partial charge on any atom is -0.496 e. The lowest BCUT2D eigenvalue weighted by Gasteiger charge is -2.20. The van der Waals surface area contributed by atoms with Crippen LogP contribution in [0.2, 0.25) is 0 Å². The van der Waals surface area contributed by atoms with Crippen molar-refractivity contribution in [1.29, 1.82) is 0 Å². The van der Waals surface area contributed by atoms with Gasteiger partial charge in [0.1, 0.15) is 11.6 Å². The first-order valence-electron chi connectivity index (χ1n) is 6.45. The number of nitrogens with zero attached hydrogens (tertiary/aromatic N) is 1. The molecule has 22 heavy (non-hydrogen) atoms. The van der Waals surface area contributed by atoms with E-state index in [0.717, 1.165) is 10.0 Å². The van der Waals surface area contributed by atoms with E-state index in [4.69, 9.17) is 4.74 Å². The van der Waals surface area contributed by atoms with Gasteiger partial charge in [0.05, 0.1) is 12.7 Å². The molecule has 3 nitrogen and oxygen atoms in total. The molecule has 0 bridgehead atoms. The molecular weight excluding hydrogens is 417 g/mol. The first-order chi connectivity index (χ1) is 10.4. The molecule has 0 fully saturated rings. The number of amides is 1. The van der Waals surface area contributed by atoms with Gasteiger partial charge in [-0.05, 0) is 52.3 Å². The van der Waals surface area contributed by atoms with Crippen LogP contribution in [0.5, 0.6) is 5.75 Å². The summed E-state index contributed by atoms with van der Waals surface area (Å²) in [7, 11) is 3.28. The molecule has 0 aliphatic heterocycles. The van der Waals surface area contributed by atoms with Gasteiger partial charge >= 0.3 is 0 Å². The monoisotopic (exact) mass is 429 g/mol. The molecule has 0 aliphatic carbocycles. The zero-order valence-electron chi connectivity index (χ0n) is 12.1. The maximum absolute atomic E-state index is 13.1. The van der Waals surface area contributed by atoms with E-state index in [-0.39, 0.29) is 11.7 Å². The largest absolute Gasteiger partial charge is 0.496 e. The van der Waals surface area contributed by atoms with Crippen LogP contribution in [0.4, 0.5) is 4.39 Å². The SMILES string of the molecule is COc1ccc(Br)cc1CN(C)C(=O)c1ccc(F)cc1Br. The van der Waals surface area contributed by atoms with Crippen LogP contribution in [0.1, 0.15) is 15.9 Å². The number of rotatable bonds is 4. The molecule has 0 N–H and O–H groups in total. The second-order valence-electron chi connectivity index (χ2n) is 4.74. The van der Waals surface area contributed by atoms with Crippen LogP contribution in [-0.4, -0.2) is 25.0 Å². The van der Waals surface area contributed by atoms with Gasteiger partial charge in [0.25, 0.3) is 5.91 Å². The van der Waals surface area contributed by atoms with Gasteiger partial charge in [-0.1, -0.05) is 15.9 Å². The Kier molecular flexibility index (Phi) is 5.58. The highest BCUT2D eigenvalue weighted by Crippen LogP contribution is 2.25. The van der Waals surface area contributed by atoms with Crippen LogP contribution in [0, 0.1) is 5.82 Å². The van der Waals surface area contributed by atoms with Crippen molar-refractivity contribution in [2.24, 2.45) is 0 Å². The molecule has 2 aromatic rings. The van der Waals surface area contributed by atoms with Crippen LogP contribution < -0.4 is 4.74 Å². The average Bonchev–Trinajstić information content (AvgIpc) is 2.47. The van der Waals surface area contributed by atoms with E-state index in [1.54, 1.807) is 19.1 Å². The van der Waals surface area contributed by atoms with Crippen LogP contribution in [0.25, 0.3) is 0 Å². The van der Waals surface area contributed by atoms with Gasteiger partial charge in [-0.2, -0.15) is 0 Å². The molecule has 0 atom stereocenters. The number of halogens is 3. The van der Waals surface area contributed by atoms with E-state index in [1.807, 2.05) is 18.2 Å². The van der Waals surface area contributed by atoms with Crippen molar-refractivity contribution in [1.82, 2.24) is 4.90 Å². The molecule has 0 spiro atoms. The molecule has 2 aromatic carbocycles. The fraction of sp³-hybridized carbons (Fsp3) is 0.188. The Labute approximate surface area is 145 Å². The number of carbonyl (C=O) groups excluding carboxylic acids is 1. The summed E-state index contributed by atoms with van der Waals surface area (Å²) in [5, 5.41) is 0. The van der Waals surface area contributed by atoms with E-state index in [0.29, 0.717) is 22.3 Å². The maximum atomic E-state index is 13.1. The summed E-state index contributed by atoms with van der Waals surface area (Å²) in [5.74, 6) is 0.120. The van der Waals surface area contributed by atoms with E-state index < -0.39 is 0 Å². The number of ether oxygens (including phenoxy) is 1. The van der Waals surface area contributed by atoms with Crippen molar-refractivity contribution in [3.8, 4) is 5.75 Å². The molecule has 116 valence electrons. The van der Waals surface area contributed by atoms with Crippen molar-refractivity contribution in [2.75, 3.05) is 14.2 Å². The number of carbonyl (C=O) groups is 1. The van der Waals surface area contributed by atoms with Crippen LogP contribution in [-0.2, 0) is 6.54 Å². The molecule has 0 unspecified atom stereocenters. The first kappa shape index (κ1) is 17.0. The summed E-state index contributed by atoms with van der Waals surface area (Å²) in [6.07, 6.45) is 0. The van der Waals surface area contributed by atoms with Crippen molar-refractivity contribution >= 4 is 37.8 Å². The quantitative estimate of drug-likeness (QED) is 0.707. The lowest BCUT2D eigenvalue weighted by atomic mass is 10.1. The lowest BCUT2D eigenvalue weighted by molar-refractivity contribution is 0.0783. The molecule has 0 heterocycles. The summed E-state index contributed by atoms with van der Waals surface area (Å²) in [6, 6.07) is 9.64. The molecule has 0 aromatic heterocycles. The Morgan fingerprint density at radius 3 is 2.59 bits per heavy atom. The van der Waals surface area contributed by atoms with Gasteiger partial charge in [-0.25, -0.2) is 4.39 Å². The van der Waals surface area contributed by atoms with Gasteiger partial charge in [0.2, 0.25) is 0 Å². The van der Waals surface area contributed by atoms with E-state index in [2.05, 4.69) is 31.9 Å². The highest BCUT2D eigenvalue weighted by Gasteiger charge is 2.17. The molecule has 2 rings (SSSR count). The third-order valence-corrected chi connectivity index (χ3v) is 4.31. The number of benzene rings is 2. The number of hydrogen-bond donors (Lipinski definition) is 0. The van der Waals surface area contributed by atoms with E-state index >= 15 is 0 Å². The molecule has 0 aliphatic rings. The zero-order valence-corrected chi connectivity index (χ0v) is 15.2. The van der Waals surface area contributed by atoms with Crippen LogP contribution >= 0.6 is 31.9 Å². The minimum absolute atomic E-state index is 0.200. The average molecular weight is 431 g/mol. The van der Waals surface area contributed by atoms with Crippen molar-refractivity contribution in [2.45, 2.75) is 6.54 Å². The van der Waals surface area contributed by atoms with Crippen molar-refractivity contribution in [3.05, 3.63) is 62.3 Å². The number of methoxy groups -OCH3 is 1.